The van der Waals surface area contributed by atoms with Crippen molar-refractivity contribution >= 4 is 5.69 Å². The second kappa shape index (κ2) is 4.08. The van der Waals surface area contributed by atoms with E-state index >= 15 is 0 Å². The fourth-order valence-corrected chi connectivity index (χ4v) is 3.18. The Morgan fingerprint density at radius 1 is 1.25 bits per heavy atom. The molecule has 0 atom stereocenters. The van der Waals surface area contributed by atoms with Crippen molar-refractivity contribution in [2.75, 3.05) is 11.4 Å². The van der Waals surface area contributed by atoms with Gasteiger partial charge in [-0.25, -0.2) is 0 Å². The highest BCUT2D eigenvalue weighted by molar-refractivity contribution is 5.56. The largest absolute Gasteiger partial charge is 0.367 e. The van der Waals surface area contributed by atoms with Crippen molar-refractivity contribution in [3.05, 3.63) is 24.0 Å². The van der Waals surface area contributed by atoms with Crippen LogP contribution in [-0.4, -0.2) is 17.6 Å². The number of fused-ring (bicyclic) bond motifs is 1. The van der Waals surface area contributed by atoms with Crippen LogP contribution in [0.2, 0.25) is 0 Å². The lowest BCUT2D eigenvalue weighted by Crippen LogP contribution is -2.36. The second-order valence-corrected chi connectivity index (χ2v) is 5.36. The van der Waals surface area contributed by atoms with E-state index in [2.05, 4.69) is 29.1 Å². The maximum atomic E-state index is 4.27. The molecule has 0 unspecified atom stereocenters. The van der Waals surface area contributed by atoms with Crippen LogP contribution in [0.15, 0.2) is 18.5 Å². The number of hydrogen-bond donors (Lipinski definition) is 0. The first kappa shape index (κ1) is 10.1. The molecule has 1 fully saturated rings. The zero-order chi connectivity index (χ0) is 11.0. The number of hydrogen-bond acceptors (Lipinski definition) is 2. The predicted octanol–water partition coefficient (Wildman–Crippen LogP) is 3.02. The molecular weight excluding hydrogens is 196 g/mol. The SMILES string of the molecule is CC1CCC(N2CCc3ccncc32)CC1. The van der Waals surface area contributed by atoms with Gasteiger partial charge in [-0.1, -0.05) is 6.92 Å². The Kier molecular flexibility index (Phi) is 2.58. The van der Waals surface area contributed by atoms with Crippen molar-refractivity contribution in [3.63, 3.8) is 0 Å². The molecule has 3 rings (SSSR count). The lowest BCUT2D eigenvalue weighted by Gasteiger charge is -2.35. The molecule has 1 aliphatic heterocycles. The standard InChI is InChI=1S/C14H20N2/c1-11-2-4-13(5-3-11)16-9-7-12-6-8-15-10-14(12)16/h6,8,10-11,13H,2-5,7,9H2,1H3. The van der Waals surface area contributed by atoms with Crippen molar-refractivity contribution in [2.24, 2.45) is 5.92 Å². The third-order valence-electron chi connectivity index (χ3n) is 4.25. The van der Waals surface area contributed by atoms with Crippen molar-refractivity contribution in [3.8, 4) is 0 Å². The first-order valence-electron chi connectivity index (χ1n) is 6.54. The Balaban J connectivity index is 1.77. The van der Waals surface area contributed by atoms with Crippen LogP contribution < -0.4 is 4.90 Å². The minimum atomic E-state index is 0.779. The van der Waals surface area contributed by atoms with E-state index < -0.39 is 0 Å². The summed E-state index contributed by atoms with van der Waals surface area (Å²) in [5.74, 6) is 0.937. The van der Waals surface area contributed by atoms with Gasteiger partial charge in [-0.2, -0.15) is 0 Å². The summed E-state index contributed by atoms with van der Waals surface area (Å²) in [7, 11) is 0. The van der Waals surface area contributed by atoms with E-state index in [1.165, 1.54) is 49.9 Å². The maximum absolute atomic E-state index is 4.27. The lowest BCUT2D eigenvalue weighted by atomic mass is 9.86. The fraction of sp³-hybridized carbons (Fsp3) is 0.643. The van der Waals surface area contributed by atoms with Crippen LogP contribution >= 0.6 is 0 Å². The Morgan fingerprint density at radius 3 is 2.88 bits per heavy atom. The van der Waals surface area contributed by atoms with Crippen LogP contribution in [0.3, 0.4) is 0 Å². The zero-order valence-corrected chi connectivity index (χ0v) is 10.0. The van der Waals surface area contributed by atoms with Crippen LogP contribution in [0.25, 0.3) is 0 Å². The number of aromatic nitrogens is 1. The summed E-state index contributed by atoms with van der Waals surface area (Å²) in [5, 5.41) is 0. The molecule has 0 radical (unpaired) electrons. The number of rotatable bonds is 1. The van der Waals surface area contributed by atoms with E-state index in [4.69, 9.17) is 0 Å². The smallest absolute Gasteiger partial charge is 0.0588 e. The van der Waals surface area contributed by atoms with Gasteiger partial charge in [0.25, 0.3) is 0 Å². The molecule has 0 aromatic carbocycles. The third-order valence-corrected chi connectivity index (χ3v) is 4.25. The summed E-state index contributed by atoms with van der Waals surface area (Å²) >= 11 is 0. The van der Waals surface area contributed by atoms with E-state index in [1.807, 2.05) is 6.20 Å². The Morgan fingerprint density at radius 2 is 2.06 bits per heavy atom. The molecule has 0 bridgehead atoms. The molecule has 0 saturated heterocycles. The van der Waals surface area contributed by atoms with Crippen molar-refractivity contribution < 1.29 is 0 Å². The summed E-state index contributed by atoms with van der Waals surface area (Å²) in [5.41, 5.74) is 2.90. The fourth-order valence-electron chi connectivity index (χ4n) is 3.18. The van der Waals surface area contributed by atoms with Gasteiger partial charge in [-0.15, -0.1) is 0 Å². The molecule has 2 heteroatoms. The number of anilines is 1. The molecule has 1 aromatic rings. The molecule has 86 valence electrons. The van der Waals surface area contributed by atoms with Crippen LogP contribution in [0.1, 0.15) is 38.2 Å². The van der Waals surface area contributed by atoms with Crippen molar-refractivity contribution in [2.45, 2.75) is 45.1 Å². The summed E-state index contributed by atoms with van der Waals surface area (Å²) in [4.78, 5) is 6.88. The van der Waals surface area contributed by atoms with Gasteiger partial charge in [0.1, 0.15) is 0 Å². The van der Waals surface area contributed by atoms with Gasteiger partial charge in [0.05, 0.1) is 11.9 Å². The zero-order valence-electron chi connectivity index (χ0n) is 10.0. The minimum absolute atomic E-state index is 0.779. The molecule has 0 amide bonds. The summed E-state index contributed by atoms with van der Waals surface area (Å²) in [6, 6.07) is 2.96. The van der Waals surface area contributed by atoms with E-state index in [0.29, 0.717) is 0 Å². The highest BCUT2D eigenvalue weighted by Crippen LogP contribution is 2.34. The summed E-state index contributed by atoms with van der Waals surface area (Å²) < 4.78 is 0. The number of nitrogens with zero attached hydrogens (tertiary/aromatic N) is 2. The molecule has 16 heavy (non-hydrogen) atoms. The highest BCUT2D eigenvalue weighted by Gasteiger charge is 2.28. The van der Waals surface area contributed by atoms with Crippen LogP contribution in [0.5, 0.6) is 0 Å². The van der Waals surface area contributed by atoms with Crippen LogP contribution in [0.4, 0.5) is 5.69 Å². The van der Waals surface area contributed by atoms with Gasteiger partial charge >= 0.3 is 0 Å². The quantitative estimate of drug-likeness (QED) is 0.717. The molecule has 2 heterocycles. The first-order valence-corrected chi connectivity index (χ1v) is 6.54. The average molecular weight is 216 g/mol. The van der Waals surface area contributed by atoms with E-state index in [1.54, 1.807) is 0 Å². The monoisotopic (exact) mass is 216 g/mol. The summed E-state index contributed by atoms with van der Waals surface area (Å²) in [6.07, 6.45) is 10.7. The molecule has 1 aliphatic carbocycles. The average Bonchev–Trinajstić information content (AvgIpc) is 2.74. The van der Waals surface area contributed by atoms with Gasteiger partial charge < -0.3 is 4.90 Å². The Labute approximate surface area is 97.7 Å². The molecule has 2 nitrogen and oxygen atoms in total. The molecule has 0 N–H and O–H groups in total. The summed E-state index contributed by atoms with van der Waals surface area (Å²) in [6.45, 7) is 3.59. The first-order chi connectivity index (χ1) is 7.84. The predicted molar refractivity (Wildman–Crippen MR) is 66.7 cm³/mol. The van der Waals surface area contributed by atoms with Gasteiger partial charge in [0.2, 0.25) is 0 Å². The van der Waals surface area contributed by atoms with E-state index in [0.717, 1.165) is 12.0 Å². The molecule has 1 saturated carbocycles. The van der Waals surface area contributed by atoms with E-state index in [9.17, 15) is 0 Å². The Hall–Kier alpha value is -1.05. The third kappa shape index (κ3) is 1.70. The van der Waals surface area contributed by atoms with Crippen molar-refractivity contribution in [1.82, 2.24) is 4.98 Å². The van der Waals surface area contributed by atoms with Crippen LogP contribution in [0, 0.1) is 5.92 Å². The van der Waals surface area contributed by atoms with Gasteiger partial charge in [0, 0.05) is 18.8 Å². The van der Waals surface area contributed by atoms with Gasteiger partial charge in [-0.3, -0.25) is 4.98 Å². The molecule has 0 spiro atoms. The van der Waals surface area contributed by atoms with Crippen molar-refractivity contribution in [1.29, 1.82) is 0 Å². The van der Waals surface area contributed by atoms with Gasteiger partial charge in [0.15, 0.2) is 0 Å². The topological polar surface area (TPSA) is 16.1 Å². The number of pyridine rings is 1. The molecule has 1 aromatic heterocycles. The van der Waals surface area contributed by atoms with Crippen LogP contribution in [-0.2, 0) is 6.42 Å². The van der Waals surface area contributed by atoms with Gasteiger partial charge in [-0.05, 0) is 49.7 Å². The molecule has 2 aliphatic rings. The normalized spacial score (nSPS) is 29.2. The second-order valence-electron chi connectivity index (χ2n) is 5.36. The minimum Gasteiger partial charge on any atom is -0.367 e. The maximum Gasteiger partial charge on any atom is 0.0588 e. The molecular formula is C14H20N2. The van der Waals surface area contributed by atoms with E-state index in [-0.39, 0.29) is 0 Å². The highest BCUT2D eigenvalue weighted by atomic mass is 15.2. The Bertz CT molecular complexity index is 367. The lowest BCUT2D eigenvalue weighted by molar-refractivity contribution is 0.337.